The van der Waals surface area contributed by atoms with Gasteiger partial charge in [0.1, 0.15) is 11.6 Å². The summed E-state index contributed by atoms with van der Waals surface area (Å²) in [5, 5.41) is 9.39. The summed E-state index contributed by atoms with van der Waals surface area (Å²) in [4.78, 5) is 22.3. The van der Waals surface area contributed by atoms with Crippen molar-refractivity contribution in [1.29, 1.82) is 0 Å². The topological polar surface area (TPSA) is 120 Å². The third kappa shape index (κ3) is 3.84. The van der Waals surface area contributed by atoms with Crippen molar-refractivity contribution in [3.63, 3.8) is 0 Å². The monoisotopic (exact) mass is 429 g/mol. The molecule has 0 bridgehead atoms. The molecule has 0 aliphatic heterocycles. The number of hydrogen-bond acceptors (Lipinski definition) is 9. The Kier molecular flexibility index (Phi) is 4.83. The highest BCUT2D eigenvalue weighted by atomic mass is 32.2. The van der Waals surface area contributed by atoms with E-state index in [-0.39, 0.29) is 5.95 Å². The summed E-state index contributed by atoms with van der Waals surface area (Å²) in [6, 6.07) is 15.8. The first-order valence-corrected chi connectivity index (χ1v) is 10.6. The first kappa shape index (κ1) is 19.2. The molecule has 3 N–H and O–H groups in total. The molecule has 5 aromatic rings. The Morgan fingerprint density at radius 3 is 2.61 bits per heavy atom. The SMILES string of the molecule is Cc1nc2c3ccccc3nc(SCc3nc(N)nc(Nc4ccccc4C)n3)n2n1. The third-order valence-corrected chi connectivity index (χ3v) is 5.60. The molecule has 0 saturated carbocycles. The van der Waals surface area contributed by atoms with Gasteiger partial charge in [-0.15, -0.1) is 5.10 Å². The third-order valence-electron chi connectivity index (χ3n) is 4.68. The van der Waals surface area contributed by atoms with Crippen molar-refractivity contribution < 1.29 is 0 Å². The van der Waals surface area contributed by atoms with Gasteiger partial charge in [-0.25, -0.2) is 9.97 Å². The molecule has 0 aliphatic carbocycles. The van der Waals surface area contributed by atoms with Crippen LogP contribution in [0.4, 0.5) is 17.6 Å². The molecular weight excluding hydrogens is 410 g/mol. The fourth-order valence-electron chi connectivity index (χ4n) is 3.25. The van der Waals surface area contributed by atoms with Crippen molar-refractivity contribution in [3.05, 3.63) is 65.7 Å². The summed E-state index contributed by atoms with van der Waals surface area (Å²) in [5.74, 6) is 2.26. The predicted molar refractivity (Wildman–Crippen MR) is 121 cm³/mol. The Bertz CT molecular complexity index is 1410. The summed E-state index contributed by atoms with van der Waals surface area (Å²) in [6.07, 6.45) is 0. The van der Waals surface area contributed by atoms with Gasteiger partial charge in [0.2, 0.25) is 11.9 Å². The molecule has 0 radical (unpaired) electrons. The van der Waals surface area contributed by atoms with Crippen LogP contribution in [0.15, 0.2) is 53.7 Å². The summed E-state index contributed by atoms with van der Waals surface area (Å²) < 4.78 is 1.76. The zero-order chi connectivity index (χ0) is 21.4. The van der Waals surface area contributed by atoms with Crippen molar-refractivity contribution in [2.45, 2.75) is 24.8 Å². The second-order valence-corrected chi connectivity index (χ2v) is 7.91. The standard InChI is InChI=1S/C21H19N9S/c1-12-7-3-5-9-15(12)24-20-27-17(26-19(22)28-20)11-31-21-25-16-10-6-4-8-14(16)18-23-13(2)29-30(18)21/h3-10H,11H2,1-2H3,(H3,22,24,26,27,28). The van der Waals surface area contributed by atoms with Gasteiger partial charge in [-0.05, 0) is 37.6 Å². The van der Waals surface area contributed by atoms with E-state index in [1.54, 1.807) is 4.52 Å². The van der Waals surface area contributed by atoms with Gasteiger partial charge in [0.05, 0.1) is 11.3 Å². The van der Waals surface area contributed by atoms with Crippen molar-refractivity contribution in [2.24, 2.45) is 0 Å². The van der Waals surface area contributed by atoms with Crippen LogP contribution in [0.3, 0.4) is 0 Å². The zero-order valence-corrected chi connectivity index (χ0v) is 17.8. The number of aromatic nitrogens is 7. The molecule has 0 unspecified atom stereocenters. The minimum atomic E-state index is 0.162. The number of nitrogens with zero attached hydrogens (tertiary/aromatic N) is 7. The molecule has 0 atom stereocenters. The lowest BCUT2D eigenvalue weighted by Gasteiger charge is -2.09. The van der Waals surface area contributed by atoms with Crippen LogP contribution in [-0.2, 0) is 5.75 Å². The van der Waals surface area contributed by atoms with E-state index >= 15 is 0 Å². The number of nitrogens with one attached hydrogen (secondary N) is 1. The Labute approximate surface area is 182 Å². The highest BCUT2D eigenvalue weighted by Crippen LogP contribution is 2.26. The Morgan fingerprint density at radius 1 is 0.935 bits per heavy atom. The lowest BCUT2D eigenvalue weighted by Crippen LogP contribution is -2.07. The van der Waals surface area contributed by atoms with Crippen LogP contribution < -0.4 is 11.1 Å². The van der Waals surface area contributed by atoms with E-state index in [1.807, 2.05) is 62.4 Å². The lowest BCUT2D eigenvalue weighted by atomic mass is 10.2. The van der Waals surface area contributed by atoms with E-state index in [2.05, 4.69) is 30.4 Å². The van der Waals surface area contributed by atoms with Crippen molar-refractivity contribution in [1.82, 2.24) is 34.5 Å². The molecule has 3 aromatic heterocycles. The van der Waals surface area contributed by atoms with Crippen LogP contribution in [0.2, 0.25) is 0 Å². The summed E-state index contributed by atoms with van der Waals surface area (Å²) in [5.41, 5.74) is 9.58. The van der Waals surface area contributed by atoms with Crippen LogP contribution in [-0.4, -0.2) is 34.5 Å². The molecule has 0 saturated heterocycles. The molecular formula is C21H19N9S. The first-order chi connectivity index (χ1) is 15.1. The van der Waals surface area contributed by atoms with E-state index in [4.69, 9.17) is 10.7 Å². The number of para-hydroxylation sites is 2. The molecule has 0 aliphatic rings. The quantitative estimate of drug-likeness (QED) is 0.318. The number of fused-ring (bicyclic) bond motifs is 3. The average molecular weight is 430 g/mol. The molecule has 10 heteroatoms. The molecule has 0 amide bonds. The van der Waals surface area contributed by atoms with Gasteiger partial charge in [-0.2, -0.15) is 19.5 Å². The second kappa shape index (κ2) is 7.80. The fraction of sp³-hybridized carbons (Fsp3) is 0.143. The summed E-state index contributed by atoms with van der Waals surface area (Å²) in [6.45, 7) is 3.88. The van der Waals surface area contributed by atoms with Crippen LogP contribution in [0.5, 0.6) is 0 Å². The number of nitrogens with two attached hydrogens (primary N) is 1. The van der Waals surface area contributed by atoms with Gasteiger partial charge < -0.3 is 11.1 Å². The first-order valence-electron chi connectivity index (χ1n) is 9.65. The van der Waals surface area contributed by atoms with E-state index in [9.17, 15) is 0 Å². The van der Waals surface area contributed by atoms with E-state index < -0.39 is 0 Å². The number of aryl methyl sites for hydroxylation is 2. The van der Waals surface area contributed by atoms with Gasteiger partial charge in [-0.3, -0.25) is 0 Å². The van der Waals surface area contributed by atoms with E-state index in [1.165, 1.54) is 11.8 Å². The van der Waals surface area contributed by atoms with Crippen molar-refractivity contribution in [3.8, 4) is 0 Å². The number of anilines is 3. The van der Waals surface area contributed by atoms with Gasteiger partial charge >= 0.3 is 0 Å². The Balaban J connectivity index is 1.45. The van der Waals surface area contributed by atoms with Gasteiger partial charge in [0.15, 0.2) is 10.8 Å². The number of nitrogen functional groups attached to an aromatic ring is 1. The van der Waals surface area contributed by atoms with Crippen molar-refractivity contribution >= 4 is 45.9 Å². The van der Waals surface area contributed by atoms with Crippen LogP contribution in [0, 0.1) is 13.8 Å². The molecule has 0 fully saturated rings. The summed E-state index contributed by atoms with van der Waals surface area (Å²) in [7, 11) is 0. The van der Waals surface area contributed by atoms with Gasteiger partial charge in [0.25, 0.3) is 0 Å². The maximum Gasteiger partial charge on any atom is 0.232 e. The smallest absolute Gasteiger partial charge is 0.232 e. The van der Waals surface area contributed by atoms with Crippen LogP contribution in [0.1, 0.15) is 17.2 Å². The Morgan fingerprint density at radius 2 is 1.74 bits per heavy atom. The normalized spacial score (nSPS) is 11.3. The highest BCUT2D eigenvalue weighted by Gasteiger charge is 2.14. The fourth-order valence-corrected chi connectivity index (χ4v) is 4.05. The number of hydrogen-bond donors (Lipinski definition) is 2. The van der Waals surface area contributed by atoms with E-state index in [0.29, 0.717) is 28.5 Å². The van der Waals surface area contributed by atoms with Gasteiger partial charge in [-0.1, -0.05) is 42.1 Å². The van der Waals surface area contributed by atoms with Crippen LogP contribution >= 0.6 is 11.8 Å². The number of thioether (sulfide) groups is 1. The van der Waals surface area contributed by atoms with E-state index in [0.717, 1.165) is 27.8 Å². The number of benzene rings is 2. The molecule has 0 spiro atoms. The lowest BCUT2D eigenvalue weighted by molar-refractivity contribution is 0.796. The zero-order valence-electron chi connectivity index (χ0n) is 16.9. The van der Waals surface area contributed by atoms with Gasteiger partial charge in [0, 0.05) is 11.1 Å². The molecule has 3 heterocycles. The predicted octanol–water partition coefficient (Wildman–Crippen LogP) is 3.70. The maximum absolute atomic E-state index is 5.93. The molecule has 2 aromatic carbocycles. The summed E-state index contributed by atoms with van der Waals surface area (Å²) >= 11 is 1.47. The van der Waals surface area contributed by atoms with Crippen molar-refractivity contribution in [2.75, 3.05) is 11.1 Å². The molecule has 31 heavy (non-hydrogen) atoms. The second-order valence-electron chi connectivity index (χ2n) is 6.97. The molecule has 5 rings (SSSR count). The number of rotatable bonds is 5. The average Bonchev–Trinajstić information content (AvgIpc) is 3.15. The van der Waals surface area contributed by atoms with Crippen LogP contribution in [0.25, 0.3) is 16.6 Å². The molecule has 154 valence electrons. The highest BCUT2D eigenvalue weighted by molar-refractivity contribution is 7.98. The minimum absolute atomic E-state index is 0.162. The Hall–Kier alpha value is -3.79. The molecule has 9 nitrogen and oxygen atoms in total. The largest absolute Gasteiger partial charge is 0.368 e. The maximum atomic E-state index is 5.93. The minimum Gasteiger partial charge on any atom is -0.368 e.